The minimum atomic E-state index is -0.288. The average Bonchev–Trinajstić information content (AvgIpc) is 2.35. The molecule has 2 aromatic carbocycles. The first-order valence-corrected chi connectivity index (χ1v) is 6.35. The van der Waals surface area contributed by atoms with Crippen LogP contribution in [0.1, 0.15) is 6.92 Å². The lowest BCUT2D eigenvalue weighted by Gasteiger charge is -2.30. The van der Waals surface area contributed by atoms with Gasteiger partial charge in [-0.1, -0.05) is 23.9 Å². The number of hydrogen-bond acceptors (Lipinski definition) is 2. The number of rotatable bonds is 0. The van der Waals surface area contributed by atoms with E-state index in [1.807, 2.05) is 24.3 Å². The second-order valence-electron chi connectivity index (χ2n) is 4.04. The Morgan fingerprint density at radius 2 is 1.83 bits per heavy atom. The van der Waals surface area contributed by atoms with Gasteiger partial charge in [0.15, 0.2) is 0 Å². The average molecular weight is 259 g/mol. The Labute approximate surface area is 108 Å². The van der Waals surface area contributed by atoms with Crippen LogP contribution in [0.5, 0.6) is 0 Å². The lowest BCUT2D eigenvalue weighted by Crippen LogP contribution is -2.25. The molecule has 0 fully saturated rings. The summed E-state index contributed by atoms with van der Waals surface area (Å²) in [7, 11) is 0. The summed E-state index contributed by atoms with van der Waals surface area (Å²) in [6, 6.07) is 12.1. The number of para-hydroxylation sites is 1. The standard InChI is InChI=1S/C14H10FNOS/c1-9(17)16-11-4-2-3-5-13(11)18-14-8-10(15)6-7-12(14)16/h2-8H,1H3. The molecule has 0 aliphatic carbocycles. The summed E-state index contributed by atoms with van der Waals surface area (Å²) >= 11 is 1.48. The van der Waals surface area contributed by atoms with E-state index in [4.69, 9.17) is 0 Å². The number of halogens is 1. The van der Waals surface area contributed by atoms with Crippen molar-refractivity contribution in [1.82, 2.24) is 0 Å². The molecule has 1 aliphatic heterocycles. The lowest BCUT2D eigenvalue weighted by atomic mass is 10.2. The van der Waals surface area contributed by atoms with E-state index in [9.17, 15) is 9.18 Å². The molecule has 0 bridgehead atoms. The lowest BCUT2D eigenvalue weighted by molar-refractivity contribution is -0.115. The highest BCUT2D eigenvalue weighted by Gasteiger charge is 2.25. The van der Waals surface area contributed by atoms with E-state index in [1.54, 1.807) is 11.0 Å². The van der Waals surface area contributed by atoms with Crippen molar-refractivity contribution < 1.29 is 9.18 Å². The molecule has 0 saturated carbocycles. The Hall–Kier alpha value is -1.81. The summed E-state index contributed by atoms with van der Waals surface area (Å²) in [6.07, 6.45) is 0. The molecule has 0 aromatic heterocycles. The van der Waals surface area contributed by atoms with E-state index in [-0.39, 0.29) is 11.7 Å². The van der Waals surface area contributed by atoms with Crippen LogP contribution < -0.4 is 4.90 Å². The molecule has 2 aromatic rings. The molecular weight excluding hydrogens is 249 g/mol. The fraction of sp³-hybridized carbons (Fsp3) is 0.0714. The molecule has 1 amide bonds. The monoisotopic (exact) mass is 259 g/mol. The van der Waals surface area contributed by atoms with Gasteiger partial charge in [0.05, 0.1) is 11.4 Å². The van der Waals surface area contributed by atoms with Gasteiger partial charge in [-0.2, -0.15) is 0 Å². The van der Waals surface area contributed by atoms with E-state index in [0.29, 0.717) is 0 Å². The number of fused-ring (bicyclic) bond motifs is 2. The van der Waals surface area contributed by atoms with Gasteiger partial charge in [-0.05, 0) is 30.3 Å². The van der Waals surface area contributed by atoms with Crippen LogP contribution in [-0.4, -0.2) is 5.91 Å². The van der Waals surface area contributed by atoms with Gasteiger partial charge in [0.2, 0.25) is 5.91 Å². The third kappa shape index (κ3) is 1.69. The van der Waals surface area contributed by atoms with Crippen molar-refractivity contribution in [3.05, 3.63) is 48.3 Å². The van der Waals surface area contributed by atoms with E-state index < -0.39 is 0 Å². The van der Waals surface area contributed by atoms with Crippen LogP contribution in [0.4, 0.5) is 15.8 Å². The zero-order chi connectivity index (χ0) is 12.7. The van der Waals surface area contributed by atoms with Gasteiger partial charge in [0, 0.05) is 16.7 Å². The Morgan fingerprint density at radius 1 is 1.11 bits per heavy atom. The van der Waals surface area contributed by atoms with Crippen molar-refractivity contribution in [3.63, 3.8) is 0 Å². The quantitative estimate of drug-likeness (QED) is 0.713. The van der Waals surface area contributed by atoms with E-state index in [0.717, 1.165) is 21.2 Å². The third-order valence-corrected chi connectivity index (χ3v) is 3.92. The molecule has 90 valence electrons. The summed E-state index contributed by atoms with van der Waals surface area (Å²) in [5.41, 5.74) is 1.60. The molecule has 0 spiro atoms. The first kappa shape index (κ1) is 11.3. The predicted octanol–water partition coefficient (Wildman–Crippen LogP) is 3.97. The third-order valence-electron chi connectivity index (χ3n) is 2.80. The first-order valence-electron chi connectivity index (χ1n) is 5.54. The smallest absolute Gasteiger partial charge is 0.228 e. The van der Waals surface area contributed by atoms with Gasteiger partial charge in [-0.15, -0.1) is 0 Å². The summed E-state index contributed by atoms with van der Waals surface area (Å²) in [5, 5.41) is 0. The molecule has 2 nitrogen and oxygen atoms in total. The number of hydrogen-bond donors (Lipinski definition) is 0. The van der Waals surface area contributed by atoms with Crippen molar-refractivity contribution in [1.29, 1.82) is 0 Å². The molecule has 0 radical (unpaired) electrons. The molecule has 1 heterocycles. The van der Waals surface area contributed by atoms with E-state index >= 15 is 0 Å². The largest absolute Gasteiger partial charge is 0.279 e. The fourth-order valence-corrected chi connectivity index (χ4v) is 3.15. The van der Waals surface area contributed by atoms with Crippen molar-refractivity contribution in [2.75, 3.05) is 4.90 Å². The van der Waals surface area contributed by atoms with Crippen LogP contribution in [0.2, 0.25) is 0 Å². The van der Waals surface area contributed by atoms with E-state index in [1.165, 1.54) is 30.8 Å². The van der Waals surface area contributed by atoms with Gasteiger partial charge in [0.25, 0.3) is 0 Å². The second kappa shape index (κ2) is 4.14. The zero-order valence-electron chi connectivity index (χ0n) is 9.68. The highest BCUT2D eigenvalue weighted by molar-refractivity contribution is 7.99. The number of anilines is 2. The molecule has 3 rings (SSSR count). The number of carbonyl (C=O) groups excluding carboxylic acids is 1. The van der Waals surface area contributed by atoms with E-state index in [2.05, 4.69) is 0 Å². The highest BCUT2D eigenvalue weighted by atomic mass is 32.2. The van der Waals surface area contributed by atoms with Gasteiger partial charge >= 0.3 is 0 Å². The van der Waals surface area contributed by atoms with Crippen LogP contribution in [0.15, 0.2) is 52.3 Å². The maximum absolute atomic E-state index is 13.3. The van der Waals surface area contributed by atoms with Crippen molar-refractivity contribution in [3.8, 4) is 0 Å². The fourth-order valence-electron chi connectivity index (χ4n) is 2.07. The SMILES string of the molecule is CC(=O)N1c2ccccc2Sc2cc(F)ccc21. The highest BCUT2D eigenvalue weighted by Crippen LogP contribution is 2.48. The van der Waals surface area contributed by atoms with Crippen LogP contribution in [0.3, 0.4) is 0 Å². The zero-order valence-corrected chi connectivity index (χ0v) is 10.5. The number of nitrogens with zero attached hydrogens (tertiary/aromatic N) is 1. The minimum Gasteiger partial charge on any atom is -0.279 e. The summed E-state index contributed by atoms with van der Waals surface area (Å²) in [6.45, 7) is 1.51. The van der Waals surface area contributed by atoms with Crippen molar-refractivity contribution >= 4 is 29.0 Å². The summed E-state index contributed by atoms with van der Waals surface area (Å²) in [4.78, 5) is 15.2. The first-order chi connectivity index (χ1) is 8.66. The second-order valence-corrected chi connectivity index (χ2v) is 5.12. The molecule has 1 aliphatic rings. The Morgan fingerprint density at radius 3 is 2.61 bits per heavy atom. The van der Waals surface area contributed by atoms with Crippen LogP contribution >= 0.6 is 11.8 Å². The predicted molar refractivity (Wildman–Crippen MR) is 69.8 cm³/mol. The Kier molecular flexibility index (Phi) is 2.59. The van der Waals surface area contributed by atoms with Crippen LogP contribution in [-0.2, 0) is 4.79 Å². The molecule has 0 atom stereocenters. The maximum atomic E-state index is 13.3. The van der Waals surface area contributed by atoms with Crippen LogP contribution in [0, 0.1) is 5.82 Å². The molecule has 0 saturated heterocycles. The van der Waals surface area contributed by atoms with Gasteiger partial charge in [-0.3, -0.25) is 9.69 Å². The summed E-state index contributed by atoms with van der Waals surface area (Å²) in [5.74, 6) is -0.361. The molecule has 0 N–H and O–H groups in total. The number of benzene rings is 2. The molecule has 18 heavy (non-hydrogen) atoms. The minimum absolute atomic E-state index is 0.0735. The maximum Gasteiger partial charge on any atom is 0.228 e. The topological polar surface area (TPSA) is 20.3 Å². The van der Waals surface area contributed by atoms with Crippen molar-refractivity contribution in [2.45, 2.75) is 16.7 Å². The molecule has 4 heteroatoms. The number of carbonyl (C=O) groups is 1. The molecular formula is C14H10FNOS. The Bertz CT molecular complexity index is 641. The van der Waals surface area contributed by atoms with Crippen LogP contribution in [0.25, 0.3) is 0 Å². The summed E-state index contributed by atoms with van der Waals surface area (Å²) < 4.78 is 13.3. The van der Waals surface area contributed by atoms with Crippen molar-refractivity contribution in [2.24, 2.45) is 0 Å². The van der Waals surface area contributed by atoms with Gasteiger partial charge in [-0.25, -0.2) is 4.39 Å². The number of amides is 1. The van der Waals surface area contributed by atoms with Gasteiger partial charge < -0.3 is 0 Å². The normalized spacial score (nSPS) is 12.9. The molecule has 0 unspecified atom stereocenters. The Balaban J connectivity index is 2.23. The van der Waals surface area contributed by atoms with Gasteiger partial charge in [0.1, 0.15) is 5.82 Å².